The smallest absolute Gasteiger partial charge is 0.130 e. The Morgan fingerprint density at radius 2 is 2.06 bits per heavy atom. The van der Waals surface area contributed by atoms with Crippen LogP contribution in [0.1, 0.15) is 18.9 Å². The number of hydrogen-bond donors (Lipinski definition) is 0. The molecule has 1 aromatic rings. The van der Waals surface area contributed by atoms with Crippen molar-refractivity contribution in [3.63, 3.8) is 0 Å². The summed E-state index contributed by atoms with van der Waals surface area (Å²) in [5, 5.41) is 0.112. The second-order valence-corrected chi connectivity index (χ2v) is 4.79. The minimum atomic E-state index is -0.543. The number of benzene rings is 1. The highest BCUT2D eigenvalue weighted by Gasteiger charge is 2.07. The van der Waals surface area contributed by atoms with Gasteiger partial charge in [0.2, 0.25) is 0 Å². The zero-order valence-corrected chi connectivity index (χ0v) is 10.3. The first-order valence-corrected chi connectivity index (χ1v) is 5.69. The van der Waals surface area contributed by atoms with Crippen LogP contribution in [0.15, 0.2) is 18.2 Å². The topological polar surface area (TPSA) is 3.24 Å². The van der Waals surface area contributed by atoms with E-state index in [0.717, 1.165) is 19.0 Å². The van der Waals surface area contributed by atoms with E-state index in [4.69, 9.17) is 11.6 Å². The molecular weight excluding hydrogens is 232 g/mol. The van der Waals surface area contributed by atoms with Crippen LogP contribution in [0.25, 0.3) is 0 Å². The summed E-state index contributed by atoms with van der Waals surface area (Å²) in [6.07, 6.45) is 0.848. The molecule has 1 nitrogen and oxygen atoms in total. The molecule has 0 spiro atoms. The molecule has 0 aliphatic heterocycles. The first-order chi connectivity index (χ1) is 7.49. The molecule has 0 aromatic heterocycles. The van der Waals surface area contributed by atoms with E-state index >= 15 is 0 Å². The minimum Gasteiger partial charge on any atom is -0.302 e. The van der Waals surface area contributed by atoms with Gasteiger partial charge in [-0.3, -0.25) is 0 Å². The van der Waals surface area contributed by atoms with Crippen molar-refractivity contribution in [2.45, 2.75) is 25.3 Å². The lowest BCUT2D eigenvalue weighted by molar-refractivity contribution is 0.316. The Balaban J connectivity index is 2.52. The van der Waals surface area contributed by atoms with E-state index < -0.39 is 11.6 Å². The summed E-state index contributed by atoms with van der Waals surface area (Å²) < 4.78 is 26.0. The molecule has 0 N–H and O–H groups in total. The predicted octanol–water partition coefficient (Wildman–Crippen LogP) is 3.41. The zero-order chi connectivity index (χ0) is 12.1. The highest BCUT2D eigenvalue weighted by atomic mass is 35.5. The minimum absolute atomic E-state index is 0.112. The summed E-state index contributed by atoms with van der Waals surface area (Å²) in [5.41, 5.74) is 0.506. The Morgan fingerprint density at radius 1 is 1.38 bits per heavy atom. The summed E-state index contributed by atoms with van der Waals surface area (Å²) in [4.78, 5) is 1.97. The molecule has 0 saturated heterocycles. The quantitative estimate of drug-likeness (QED) is 0.721. The number of alkyl halides is 1. The number of halogens is 3. The van der Waals surface area contributed by atoms with Crippen LogP contribution in [0, 0.1) is 11.6 Å². The maximum atomic E-state index is 13.3. The number of rotatable bonds is 5. The molecule has 0 fully saturated rings. The molecule has 1 rings (SSSR count). The van der Waals surface area contributed by atoms with Crippen molar-refractivity contribution in [3.05, 3.63) is 35.4 Å². The van der Waals surface area contributed by atoms with Crippen molar-refractivity contribution in [3.8, 4) is 0 Å². The van der Waals surface area contributed by atoms with Crippen LogP contribution in [-0.2, 0) is 6.54 Å². The Hall–Kier alpha value is -0.670. The van der Waals surface area contributed by atoms with Gasteiger partial charge >= 0.3 is 0 Å². The lowest BCUT2D eigenvalue weighted by Crippen LogP contribution is -2.21. The largest absolute Gasteiger partial charge is 0.302 e. The predicted molar refractivity (Wildman–Crippen MR) is 62.6 cm³/mol. The Bertz CT molecular complexity index is 342. The molecule has 0 radical (unpaired) electrons. The molecule has 1 atom stereocenters. The van der Waals surface area contributed by atoms with Crippen LogP contribution in [0.4, 0.5) is 8.78 Å². The van der Waals surface area contributed by atoms with Gasteiger partial charge in [-0.2, -0.15) is 0 Å². The fourth-order valence-corrected chi connectivity index (χ4v) is 1.52. The van der Waals surface area contributed by atoms with E-state index in [1.54, 1.807) is 0 Å². The van der Waals surface area contributed by atoms with E-state index in [1.165, 1.54) is 12.1 Å². The molecule has 0 bridgehead atoms. The molecule has 16 heavy (non-hydrogen) atoms. The third-order valence-electron chi connectivity index (χ3n) is 2.36. The molecule has 1 unspecified atom stereocenters. The van der Waals surface area contributed by atoms with Gasteiger partial charge < -0.3 is 4.90 Å². The molecule has 0 amide bonds. The molecule has 0 aliphatic rings. The van der Waals surface area contributed by atoms with Crippen molar-refractivity contribution in [2.75, 3.05) is 13.6 Å². The fourth-order valence-electron chi connectivity index (χ4n) is 1.42. The van der Waals surface area contributed by atoms with E-state index in [-0.39, 0.29) is 5.38 Å². The van der Waals surface area contributed by atoms with Crippen LogP contribution in [-0.4, -0.2) is 23.9 Å². The average Bonchev–Trinajstić information content (AvgIpc) is 2.19. The van der Waals surface area contributed by atoms with Gasteiger partial charge in [0.25, 0.3) is 0 Å². The highest BCUT2D eigenvalue weighted by molar-refractivity contribution is 6.20. The summed E-state index contributed by atoms with van der Waals surface area (Å²) in [6, 6.07) is 3.66. The third-order valence-corrected chi connectivity index (χ3v) is 2.58. The van der Waals surface area contributed by atoms with Crippen molar-refractivity contribution in [1.29, 1.82) is 0 Å². The van der Waals surface area contributed by atoms with E-state index in [9.17, 15) is 8.78 Å². The van der Waals surface area contributed by atoms with Gasteiger partial charge in [-0.05, 0) is 33.0 Å². The van der Waals surface area contributed by atoms with Crippen molar-refractivity contribution in [1.82, 2.24) is 4.90 Å². The summed E-state index contributed by atoms with van der Waals surface area (Å²) in [6.45, 7) is 3.19. The lowest BCUT2D eigenvalue weighted by Gasteiger charge is -2.17. The van der Waals surface area contributed by atoms with Gasteiger partial charge in [0.05, 0.1) is 0 Å². The number of nitrogens with zero attached hydrogens (tertiary/aromatic N) is 1. The fraction of sp³-hybridized carbons (Fsp3) is 0.500. The van der Waals surface area contributed by atoms with Gasteiger partial charge in [0, 0.05) is 23.6 Å². The summed E-state index contributed by atoms with van der Waals surface area (Å²) in [7, 11) is 1.89. The second-order valence-electron chi connectivity index (χ2n) is 4.04. The maximum Gasteiger partial charge on any atom is 0.130 e. The zero-order valence-electron chi connectivity index (χ0n) is 9.51. The first-order valence-electron chi connectivity index (χ1n) is 5.25. The molecular formula is C12H16ClF2N. The second kappa shape index (κ2) is 6.16. The Kier molecular flexibility index (Phi) is 5.16. The monoisotopic (exact) mass is 247 g/mol. The van der Waals surface area contributed by atoms with Crippen LogP contribution in [0.3, 0.4) is 0 Å². The van der Waals surface area contributed by atoms with E-state index in [0.29, 0.717) is 12.1 Å². The molecule has 0 saturated carbocycles. The van der Waals surface area contributed by atoms with Gasteiger partial charge in [0.15, 0.2) is 0 Å². The first kappa shape index (κ1) is 13.4. The molecule has 90 valence electrons. The Morgan fingerprint density at radius 3 is 2.62 bits per heavy atom. The van der Waals surface area contributed by atoms with Gasteiger partial charge in [-0.25, -0.2) is 8.78 Å². The SMILES string of the molecule is CC(Cl)CCN(C)Cc1ccc(F)cc1F. The Labute approximate surface area is 100 Å². The normalized spacial score (nSPS) is 13.1. The van der Waals surface area contributed by atoms with Crippen LogP contribution in [0.5, 0.6) is 0 Å². The van der Waals surface area contributed by atoms with Gasteiger partial charge in [-0.1, -0.05) is 6.07 Å². The lowest BCUT2D eigenvalue weighted by atomic mass is 10.2. The summed E-state index contributed by atoms with van der Waals surface area (Å²) >= 11 is 5.83. The van der Waals surface area contributed by atoms with E-state index in [1.807, 2.05) is 18.9 Å². The third kappa shape index (κ3) is 4.45. The molecule has 4 heteroatoms. The highest BCUT2D eigenvalue weighted by Crippen LogP contribution is 2.12. The van der Waals surface area contributed by atoms with Gasteiger partial charge in [0.1, 0.15) is 11.6 Å². The number of hydrogen-bond acceptors (Lipinski definition) is 1. The van der Waals surface area contributed by atoms with Gasteiger partial charge in [-0.15, -0.1) is 11.6 Å². The molecule has 0 aliphatic carbocycles. The molecule has 1 aromatic carbocycles. The van der Waals surface area contributed by atoms with Crippen molar-refractivity contribution < 1.29 is 8.78 Å². The van der Waals surface area contributed by atoms with Crippen LogP contribution in [0.2, 0.25) is 0 Å². The average molecular weight is 248 g/mol. The van der Waals surface area contributed by atoms with Crippen molar-refractivity contribution >= 4 is 11.6 Å². The van der Waals surface area contributed by atoms with E-state index in [2.05, 4.69) is 0 Å². The van der Waals surface area contributed by atoms with Crippen LogP contribution >= 0.6 is 11.6 Å². The van der Waals surface area contributed by atoms with Crippen LogP contribution < -0.4 is 0 Å². The maximum absolute atomic E-state index is 13.3. The summed E-state index contributed by atoms with van der Waals surface area (Å²) in [5.74, 6) is -1.04. The standard InChI is InChI=1S/C12H16ClF2N/c1-9(13)5-6-16(2)8-10-3-4-11(14)7-12(10)15/h3-4,7,9H,5-6,8H2,1-2H3. The molecule has 0 heterocycles. The van der Waals surface area contributed by atoms with Crippen molar-refractivity contribution in [2.24, 2.45) is 0 Å².